The van der Waals surface area contributed by atoms with E-state index >= 15 is 0 Å². The molecule has 0 fully saturated rings. The molecule has 11 heavy (non-hydrogen) atoms. The molecule has 3 heteroatoms. The molecule has 0 atom stereocenters. The van der Waals surface area contributed by atoms with E-state index in [-0.39, 0.29) is 18.9 Å². The molecule has 0 aromatic heterocycles. The van der Waals surface area contributed by atoms with Gasteiger partial charge in [0, 0.05) is 11.5 Å². The first-order valence-corrected chi connectivity index (χ1v) is 2.96. The van der Waals surface area contributed by atoms with Crippen LogP contribution >= 0.6 is 0 Å². The van der Waals surface area contributed by atoms with E-state index in [2.05, 4.69) is 6.07 Å². The molecule has 0 saturated heterocycles. The van der Waals surface area contributed by atoms with Gasteiger partial charge >= 0.3 is 18.9 Å². The minimum atomic E-state index is 0. The van der Waals surface area contributed by atoms with Crippen molar-refractivity contribution >= 4 is 0 Å². The molecule has 2 nitrogen and oxygen atoms in total. The van der Waals surface area contributed by atoms with Gasteiger partial charge in [-0.2, -0.15) is 6.07 Å². The summed E-state index contributed by atoms with van der Waals surface area (Å²) in [6, 6.07) is 8.25. The van der Waals surface area contributed by atoms with Crippen molar-refractivity contribution in [3.05, 3.63) is 24.3 Å². The maximum absolute atomic E-state index is 4.96. The largest absolute Gasteiger partial charge is 1.00 e. The van der Waals surface area contributed by atoms with E-state index in [1.165, 1.54) is 0 Å². The third kappa shape index (κ3) is 2.88. The van der Waals surface area contributed by atoms with E-state index in [9.17, 15) is 0 Å². The van der Waals surface area contributed by atoms with Gasteiger partial charge in [-0.3, -0.25) is 0 Å². The van der Waals surface area contributed by atoms with E-state index in [1.54, 1.807) is 26.4 Å². The molecule has 1 aromatic rings. The Balaban J connectivity index is 0.000001000. The second-order valence-electron chi connectivity index (χ2n) is 1.80. The molecule has 0 spiro atoms. The fourth-order valence-electron chi connectivity index (χ4n) is 0.670. The normalized spacial score (nSPS) is 8.18. The van der Waals surface area contributed by atoms with Crippen LogP contribution in [-0.2, 0) is 0 Å². The van der Waals surface area contributed by atoms with Crippen molar-refractivity contribution in [1.82, 2.24) is 0 Å². The van der Waals surface area contributed by atoms with Crippen LogP contribution in [0.2, 0.25) is 0 Å². The zero-order chi connectivity index (χ0) is 7.40. The van der Waals surface area contributed by atoms with Gasteiger partial charge in [-0.25, -0.2) is 0 Å². The maximum atomic E-state index is 4.96. The summed E-state index contributed by atoms with van der Waals surface area (Å²) < 4.78 is 9.88. The standard InChI is InChI=1S/C8H9O2.Li/c1-9-7-4-3-5-8(6-7)10-2;/h3-4,6H,1-2H3;/q-1;+1. The molecule has 0 saturated carbocycles. The molecule has 0 aliphatic rings. The molecule has 0 aliphatic heterocycles. The molecule has 0 aliphatic carbocycles. The van der Waals surface area contributed by atoms with Crippen LogP contribution in [-0.4, -0.2) is 14.2 Å². The Hall–Kier alpha value is -0.583. The first-order valence-electron chi connectivity index (χ1n) is 2.96. The second-order valence-corrected chi connectivity index (χ2v) is 1.80. The third-order valence-corrected chi connectivity index (χ3v) is 1.20. The number of methoxy groups -OCH3 is 2. The molecular formula is C8H9LiO2. The van der Waals surface area contributed by atoms with Gasteiger partial charge in [0.2, 0.25) is 0 Å². The van der Waals surface area contributed by atoms with Crippen LogP contribution in [0.15, 0.2) is 18.2 Å². The Bertz CT molecular complexity index is 194. The van der Waals surface area contributed by atoms with Gasteiger partial charge < -0.3 is 9.47 Å². The summed E-state index contributed by atoms with van der Waals surface area (Å²) in [6.07, 6.45) is 0. The monoisotopic (exact) mass is 144 g/mol. The van der Waals surface area contributed by atoms with E-state index in [0.29, 0.717) is 5.75 Å². The van der Waals surface area contributed by atoms with Crippen LogP contribution in [0.25, 0.3) is 0 Å². The predicted octanol–water partition coefficient (Wildman–Crippen LogP) is -1.49. The van der Waals surface area contributed by atoms with Crippen LogP contribution in [0.5, 0.6) is 11.5 Å². The minimum absolute atomic E-state index is 0. The molecule has 0 amide bonds. The SMILES string of the molecule is COc1[c-]ccc(OC)c1.[Li+]. The summed E-state index contributed by atoms with van der Waals surface area (Å²) in [5.41, 5.74) is 0. The van der Waals surface area contributed by atoms with Gasteiger partial charge in [0.1, 0.15) is 0 Å². The summed E-state index contributed by atoms with van der Waals surface area (Å²) in [7, 11) is 3.22. The summed E-state index contributed by atoms with van der Waals surface area (Å²) in [6.45, 7) is 0. The summed E-state index contributed by atoms with van der Waals surface area (Å²) in [5, 5.41) is 0. The Labute approximate surface area is 78.7 Å². The quantitative estimate of drug-likeness (QED) is 0.372. The van der Waals surface area contributed by atoms with Crippen LogP contribution in [0.3, 0.4) is 0 Å². The topological polar surface area (TPSA) is 18.5 Å². The first-order chi connectivity index (χ1) is 4.86. The van der Waals surface area contributed by atoms with Crippen LogP contribution in [0, 0.1) is 6.07 Å². The van der Waals surface area contributed by atoms with E-state index in [4.69, 9.17) is 9.47 Å². The fraction of sp³-hybridized carbons (Fsp3) is 0.250. The Morgan fingerprint density at radius 2 is 2.00 bits per heavy atom. The summed E-state index contributed by atoms with van der Waals surface area (Å²) in [5.74, 6) is 1.48. The van der Waals surface area contributed by atoms with Crippen molar-refractivity contribution in [2.75, 3.05) is 14.2 Å². The number of ether oxygens (including phenoxy) is 2. The first kappa shape index (κ1) is 10.4. The van der Waals surface area contributed by atoms with Gasteiger partial charge in [-0.1, -0.05) is 6.07 Å². The zero-order valence-corrected chi connectivity index (χ0v) is 7.05. The average molecular weight is 144 g/mol. The van der Waals surface area contributed by atoms with E-state index in [0.717, 1.165) is 5.75 Å². The number of benzene rings is 1. The molecule has 1 rings (SSSR count). The van der Waals surface area contributed by atoms with Gasteiger partial charge in [-0.05, 0) is 0 Å². The van der Waals surface area contributed by atoms with Crippen LogP contribution < -0.4 is 28.3 Å². The van der Waals surface area contributed by atoms with Crippen molar-refractivity contribution in [2.45, 2.75) is 0 Å². The molecule has 1 aromatic carbocycles. The smallest absolute Gasteiger partial charge is 0.522 e. The van der Waals surface area contributed by atoms with E-state index in [1.807, 2.05) is 6.07 Å². The number of rotatable bonds is 2. The van der Waals surface area contributed by atoms with Gasteiger partial charge in [0.25, 0.3) is 0 Å². The minimum Gasteiger partial charge on any atom is -0.522 e. The number of hydrogen-bond acceptors (Lipinski definition) is 2. The van der Waals surface area contributed by atoms with Crippen molar-refractivity contribution in [1.29, 1.82) is 0 Å². The van der Waals surface area contributed by atoms with Crippen molar-refractivity contribution in [3.8, 4) is 11.5 Å². The number of hydrogen-bond donors (Lipinski definition) is 0. The Kier molecular flexibility index (Phi) is 4.85. The van der Waals surface area contributed by atoms with Gasteiger partial charge in [-0.15, -0.1) is 12.1 Å². The molecule has 54 valence electrons. The molecule has 0 bridgehead atoms. The molecule has 0 N–H and O–H groups in total. The maximum Gasteiger partial charge on any atom is 1.00 e. The van der Waals surface area contributed by atoms with Crippen molar-refractivity contribution in [2.24, 2.45) is 0 Å². The second kappa shape index (κ2) is 5.12. The predicted molar refractivity (Wildman–Crippen MR) is 38.4 cm³/mol. The Morgan fingerprint density at radius 1 is 1.27 bits per heavy atom. The van der Waals surface area contributed by atoms with Crippen LogP contribution in [0.1, 0.15) is 0 Å². The van der Waals surface area contributed by atoms with Crippen molar-refractivity contribution in [3.63, 3.8) is 0 Å². The molecule has 0 radical (unpaired) electrons. The zero-order valence-electron chi connectivity index (χ0n) is 7.05. The summed E-state index contributed by atoms with van der Waals surface area (Å²) >= 11 is 0. The average Bonchev–Trinajstić information content (AvgIpc) is 2.05. The van der Waals surface area contributed by atoms with Crippen molar-refractivity contribution < 1.29 is 28.3 Å². The van der Waals surface area contributed by atoms with Gasteiger partial charge in [0.15, 0.2) is 0 Å². The van der Waals surface area contributed by atoms with Crippen LogP contribution in [0.4, 0.5) is 0 Å². The third-order valence-electron chi connectivity index (χ3n) is 1.20. The molecule has 0 unspecified atom stereocenters. The fourth-order valence-corrected chi connectivity index (χ4v) is 0.670. The summed E-state index contributed by atoms with van der Waals surface area (Å²) in [4.78, 5) is 0. The Morgan fingerprint density at radius 3 is 2.55 bits per heavy atom. The molecule has 0 heterocycles. The van der Waals surface area contributed by atoms with Gasteiger partial charge in [0.05, 0.1) is 14.2 Å². The molecular weight excluding hydrogens is 135 g/mol. The van der Waals surface area contributed by atoms with E-state index < -0.39 is 0 Å².